The van der Waals surface area contributed by atoms with E-state index in [1.165, 1.54) is 16.8 Å². The molecule has 1 saturated heterocycles. The minimum Gasteiger partial charge on any atom is -0.469 e. The topological polar surface area (TPSA) is 66.8 Å². The highest BCUT2D eigenvalue weighted by Gasteiger charge is 2.26. The molecule has 0 spiro atoms. The Labute approximate surface area is 164 Å². The normalized spacial score (nSPS) is 15.9. The maximum atomic E-state index is 11.7. The Morgan fingerprint density at radius 1 is 1.37 bits per heavy atom. The van der Waals surface area contributed by atoms with E-state index >= 15 is 0 Å². The first-order chi connectivity index (χ1) is 13.2. The number of aliphatic imine (C=N–C) groups is 1. The summed E-state index contributed by atoms with van der Waals surface area (Å²) in [5, 5.41) is 4.55. The van der Waals surface area contributed by atoms with E-state index < -0.39 is 0 Å². The van der Waals surface area contributed by atoms with Crippen molar-refractivity contribution in [1.29, 1.82) is 0 Å². The van der Waals surface area contributed by atoms with E-state index in [9.17, 15) is 4.79 Å². The lowest BCUT2D eigenvalue weighted by molar-refractivity contribution is -0.146. The molecular formula is C20H28N4O2S. The van der Waals surface area contributed by atoms with E-state index in [0.717, 1.165) is 63.3 Å². The number of para-hydroxylation sites is 1. The molecule has 0 aliphatic carbocycles. The summed E-state index contributed by atoms with van der Waals surface area (Å²) in [6.45, 7) is 5.37. The number of methoxy groups -OCH3 is 1. The second kappa shape index (κ2) is 9.69. The van der Waals surface area contributed by atoms with Crippen LogP contribution < -0.4 is 5.32 Å². The molecular weight excluding hydrogens is 360 g/mol. The van der Waals surface area contributed by atoms with Crippen molar-refractivity contribution in [2.75, 3.05) is 33.3 Å². The summed E-state index contributed by atoms with van der Waals surface area (Å²) in [6.07, 6.45) is 3.57. The zero-order valence-electron chi connectivity index (χ0n) is 16.1. The van der Waals surface area contributed by atoms with Crippen molar-refractivity contribution in [3.63, 3.8) is 0 Å². The second-order valence-corrected chi connectivity index (χ2v) is 7.81. The molecule has 0 radical (unpaired) electrons. The molecule has 1 aromatic carbocycles. The minimum absolute atomic E-state index is 0.0214. The molecule has 0 atom stereocenters. The van der Waals surface area contributed by atoms with Crippen molar-refractivity contribution < 1.29 is 9.53 Å². The Balaban J connectivity index is 1.51. The average molecular weight is 389 g/mol. The molecule has 1 aliphatic heterocycles. The van der Waals surface area contributed by atoms with Crippen molar-refractivity contribution in [3.8, 4) is 0 Å². The molecule has 1 N–H and O–H groups in total. The van der Waals surface area contributed by atoms with Gasteiger partial charge in [-0.3, -0.25) is 9.79 Å². The summed E-state index contributed by atoms with van der Waals surface area (Å²) in [7, 11) is 1.46. The van der Waals surface area contributed by atoms with Gasteiger partial charge in [0.25, 0.3) is 0 Å². The Morgan fingerprint density at radius 3 is 2.85 bits per heavy atom. The van der Waals surface area contributed by atoms with Crippen LogP contribution in [-0.2, 0) is 16.0 Å². The number of hydrogen-bond acceptors (Lipinski definition) is 5. The zero-order chi connectivity index (χ0) is 19.1. The summed E-state index contributed by atoms with van der Waals surface area (Å²) in [5.74, 6) is 0.880. The van der Waals surface area contributed by atoms with Gasteiger partial charge in [0.05, 0.1) is 28.3 Å². The zero-order valence-corrected chi connectivity index (χ0v) is 16.9. The van der Waals surface area contributed by atoms with Crippen LogP contribution in [0.25, 0.3) is 10.2 Å². The number of fused-ring (bicyclic) bond motifs is 1. The SMILES string of the molecule is CCNC(=NCCCc1nc2ccccc2s1)N1CCC(C(=O)OC)CC1. The van der Waals surface area contributed by atoms with Gasteiger partial charge in [-0.05, 0) is 38.3 Å². The molecule has 7 heteroatoms. The van der Waals surface area contributed by atoms with Gasteiger partial charge < -0.3 is 15.0 Å². The van der Waals surface area contributed by atoms with Gasteiger partial charge in [0.15, 0.2) is 5.96 Å². The minimum atomic E-state index is -0.0903. The first-order valence-corrected chi connectivity index (χ1v) is 10.5. The third-order valence-corrected chi connectivity index (χ3v) is 5.91. The van der Waals surface area contributed by atoms with E-state index in [1.54, 1.807) is 11.3 Å². The summed E-state index contributed by atoms with van der Waals surface area (Å²) < 4.78 is 6.12. The number of thiazole rings is 1. The summed E-state index contributed by atoms with van der Waals surface area (Å²) >= 11 is 1.77. The van der Waals surface area contributed by atoms with Crippen LogP contribution >= 0.6 is 11.3 Å². The molecule has 0 amide bonds. The van der Waals surface area contributed by atoms with Crippen molar-refractivity contribution in [2.45, 2.75) is 32.6 Å². The number of guanidine groups is 1. The van der Waals surface area contributed by atoms with Crippen LogP contribution in [0.1, 0.15) is 31.2 Å². The lowest BCUT2D eigenvalue weighted by atomic mass is 9.97. The molecule has 1 aliphatic rings. The van der Waals surface area contributed by atoms with E-state index in [1.807, 2.05) is 6.07 Å². The maximum absolute atomic E-state index is 11.7. The Kier molecular flexibility index (Phi) is 7.04. The van der Waals surface area contributed by atoms with Crippen LogP contribution in [0.4, 0.5) is 0 Å². The molecule has 27 heavy (non-hydrogen) atoms. The molecule has 1 fully saturated rings. The number of benzene rings is 1. The highest BCUT2D eigenvalue weighted by atomic mass is 32.1. The van der Waals surface area contributed by atoms with E-state index in [2.05, 4.69) is 40.3 Å². The fourth-order valence-corrected chi connectivity index (χ4v) is 4.37. The van der Waals surface area contributed by atoms with Crippen molar-refractivity contribution in [3.05, 3.63) is 29.3 Å². The van der Waals surface area contributed by atoms with E-state index in [0.29, 0.717) is 0 Å². The third-order valence-electron chi connectivity index (χ3n) is 4.81. The van der Waals surface area contributed by atoms with Gasteiger partial charge in [-0.2, -0.15) is 0 Å². The van der Waals surface area contributed by atoms with Gasteiger partial charge in [-0.25, -0.2) is 4.98 Å². The van der Waals surface area contributed by atoms with Gasteiger partial charge in [-0.1, -0.05) is 12.1 Å². The molecule has 0 unspecified atom stereocenters. The molecule has 6 nitrogen and oxygen atoms in total. The fraction of sp³-hybridized carbons (Fsp3) is 0.550. The van der Waals surface area contributed by atoms with Crippen LogP contribution in [0.2, 0.25) is 0 Å². The van der Waals surface area contributed by atoms with E-state index in [4.69, 9.17) is 9.73 Å². The standard InChI is InChI=1S/C20H28N4O2S/c1-3-21-20(24-13-10-15(11-14-24)19(25)26-2)22-12-6-9-18-23-16-7-4-5-8-17(16)27-18/h4-5,7-8,15H,3,6,9-14H2,1-2H3,(H,21,22). The smallest absolute Gasteiger partial charge is 0.308 e. The maximum Gasteiger partial charge on any atom is 0.308 e. The van der Waals surface area contributed by atoms with Crippen LogP contribution in [-0.4, -0.2) is 55.1 Å². The average Bonchev–Trinajstić information content (AvgIpc) is 3.12. The monoisotopic (exact) mass is 388 g/mol. The number of esters is 1. The van der Waals surface area contributed by atoms with Gasteiger partial charge in [0, 0.05) is 32.6 Å². The number of rotatable bonds is 6. The largest absolute Gasteiger partial charge is 0.469 e. The first kappa shape index (κ1) is 19.6. The van der Waals surface area contributed by atoms with Crippen molar-refractivity contribution >= 4 is 33.5 Å². The van der Waals surface area contributed by atoms with E-state index in [-0.39, 0.29) is 11.9 Å². The Hall–Kier alpha value is -2.15. The number of carbonyl (C=O) groups is 1. The van der Waals surface area contributed by atoms with Gasteiger partial charge in [0.1, 0.15) is 0 Å². The van der Waals surface area contributed by atoms with Gasteiger partial charge in [0.2, 0.25) is 0 Å². The molecule has 2 heterocycles. The van der Waals surface area contributed by atoms with Crippen LogP contribution in [0.5, 0.6) is 0 Å². The number of likely N-dealkylation sites (tertiary alicyclic amines) is 1. The Morgan fingerprint density at radius 2 is 2.15 bits per heavy atom. The molecule has 0 bridgehead atoms. The van der Waals surface area contributed by atoms with Gasteiger partial charge >= 0.3 is 5.97 Å². The van der Waals surface area contributed by atoms with Crippen molar-refractivity contribution in [2.24, 2.45) is 10.9 Å². The lowest BCUT2D eigenvalue weighted by Crippen LogP contribution is -2.46. The molecule has 3 rings (SSSR count). The number of nitrogens with one attached hydrogen (secondary N) is 1. The lowest BCUT2D eigenvalue weighted by Gasteiger charge is -2.33. The molecule has 2 aromatic rings. The van der Waals surface area contributed by atoms with Crippen LogP contribution in [0.3, 0.4) is 0 Å². The number of aryl methyl sites for hydroxylation is 1. The first-order valence-electron chi connectivity index (χ1n) is 9.66. The second-order valence-electron chi connectivity index (χ2n) is 6.70. The Bertz CT molecular complexity index is 748. The fourth-order valence-electron chi connectivity index (χ4n) is 3.36. The van der Waals surface area contributed by atoms with Gasteiger partial charge in [-0.15, -0.1) is 11.3 Å². The number of nitrogens with zero attached hydrogens (tertiary/aromatic N) is 3. The highest BCUT2D eigenvalue weighted by molar-refractivity contribution is 7.18. The molecule has 0 saturated carbocycles. The quantitative estimate of drug-likeness (QED) is 0.356. The number of hydrogen-bond donors (Lipinski definition) is 1. The number of carbonyl (C=O) groups excluding carboxylic acids is 1. The molecule has 146 valence electrons. The van der Waals surface area contributed by atoms with Crippen LogP contribution in [0.15, 0.2) is 29.3 Å². The highest BCUT2D eigenvalue weighted by Crippen LogP contribution is 2.22. The van der Waals surface area contributed by atoms with Crippen LogP contribution in [0, 0.1) is 5.92 Å². The summed E-state index contributed by atoms with van der Waals surface area (Å²) in [6, 6.07) is 8.27. The predicted molar refractivity (Wildman–Crippen MR) is 110 cm³/mol. The molecule has 1 aromatic heterocycles. The van der Waals surface area contributed by atoms with Crippen molar-refractivity contribution in [1.82, 2.24) is 15.2 Å². The number of aromatic nitrogens is 1. The summed E-state index contributed by atoms with van der Waals surface area (Å²) in [4.78, 5) is 23.4. The number of piperidine rings is 1. The summed E-state index contributed by atoms with van der Waals surface area (Å²) in [5.41, 5.74) is 1.09. The predicted octanol–water partition coefficient (Wildman–Crippen LogP) is 3.08. The third kappa shape index (κ3) is 5.19. The number of ether oxygens (including phenoxy) is 1.